The zero-order valence-electron chi connectivity index (χ0n) is 16.2. The maximum absolute atomic E-state index is 13.1. The van der Waals surface area contributed by atoms with E-state index in [1.165, 1.54) is 0 Å². The molecule has 0 bridgehead atoms. The smallest absolute Gasteiger partial charge is 0.323 e. The van der Waals surface area contributed by atoms with Crippen molar-refractivity contribution in [2.24, 2.45) is 5.92 Å². The number of nitrogens with zero attached hydrogens (tertiary/aromatic N) is 2. The Kier molecular flexibility index (Phi) is 4.67. The van der Waals surface area contributed by atoms with Gasteiger partial charge in [0.1, 0.15) is 6.54 Å². The monoisotopic (exact) mass is 376 g/mol. The molecule has 0 radical (unpaired) electrons. The molecular weight excluding hydrogens is 352 g/mol. The van der Waals surface area contributed by atoms with Crippen LogP contribution in [-0.2, 0) is 29.0 Å². The van der Waals surface area contributed by atoms with Gasteiger partial charge in [-0.25, -0.2) is 0 Å². The molecule has 28 heavy (non-hydrogen) atoms. The average molecular weight is 376 g/mol. The number of amides is 1. The summed E-state index contributed by atoms with van der Waals surface area (Å²) in [6.07, 6.45) is 2.10. The molecule has 0 fully saturated rings. The summed E-state index contributed by atoms with van der Waals surface area (Å²) in [5, 5.41) is 10.4. The zero-order chi connectivity index (χ0) is 19.8. The summed E-state index contributed by atoms with van der Waals surface area (Å²) in [5.74, 6) is -0.825. The van der Waals surface area contributed by atoms with Crippen molar-refractivity contribution < 1.29 is 14.7 Å². The second-order valence-corrected chi connectivity index (χ2v) is 7.60. The largest absolute Gasteiger partial charge is 0.480 e. The van der Waals surface area contributed by atoms with Crippen molar-refractivity contribution in [1.29, 1.82) is 0 Å². The first kappa shape index (κ1) is 18.3. The summed E-state index contributed by atoms with van der Waals surface area (Å²) in [6, 6.07) is 15.8. The number of anilines is 1. The van der Waals surface area contributed by atoms with Gasteiger partial charge in [0.05, 0.1) is 0 Å². The molecule has 3 aromatic rings. The number of aliphatic carboxylic acids is 1. The van der Waals surface area contributed by atoms with Crippen LogP contribution in [0.2, 0.25) is 0 Å². The maximum Gasteiger partial charge on any atom is 0.323 e. The minimum atomic E-state index is -0.844. The van der Waals surface area contributed by atoms with E-state index in [-0.39, 0.29) is 18.4 Å². The third-order valence-electron chi connectivity index (χ3n) is 5.74. The van der Waals surface area contributed by atoms with Crippen molar-refractivity contribution in [3.8, 4) is 0 Å². The Morgan fingerprint density at radius 1 is 1.18 bits per heavy atom. The third-order valence-corrected chi connectivity index (χ3v) is 5.74. The fourth-order valence-electron chi connectivity index (χ4n) is 4.34. The summed E-state index contributed by atoms with van der Waals surface area (Å²) in [5.41, 5.74) is 5.14. The molecule has 1 aliphatic carbocycles. The first-order valence-corrected chi connectivity index (χ1v) is 9.60. The zero-order valence-corrected chi connectivity index (χ0v) is 16.2. The summed E-state index contributed by atoms with van der Waals surface area (Å²) in [7, 11) is 1.82. The molecule has 1 aromatic heterocycles. The summed E-state index contributed by atoms with van der Waals surface area (Å²) >= 11 is 0. The Bertz CT molecular complexity index is 1050. The van der Waals surface area contributed by atoms with Crippen molar-refractivity contribution in [2.75, 3.05) is 11.9 Å². The number of hydrogen-bond acceptors (Lipinski definition) is 2. The molecule has 5 nitrogen and oxygen atoms in total. The van der Waals surface area contributed by atoms with Gasteiger partial charge >= 0.3 is 5.97 Å². The Balaban J connectivity index is 1.69. The van der Waals surface area contributed by atoms with E-state index in [1.807, 2.05) is 54.9 Å². The lowest BCUT2D eigenvalue weighted by atomic mass is 9.85. The molecule has 1 amide bonds. The molecule has 1 heterocycles. The van der Waals surface area contributed by atoms with Gasteiger partial charge in [0, 0.05) is 35.2 Å². The highest BCUT2D eigenvalue weighted by Crippen LogP contribution is 2.36. The van der Waals surface area contributed by atoms with Crippen LogP contribution in [0.25, 0.3) is 10.9 Å². The summed E-state index contributed by atoms with van der Waals surface area (Å²) in [6.45, 7) is 1.97. The summed E-state index contributed by atoms with van der Waals surface area (Å²) < 4.78 is 1.92. The first-order chi connectivity index (χ1) is 13.5. The standard InChI is InChI=1S/C23H24N2O3/c1-15-8-10-18-19-13-16(23(28)24(2)17-6-4-3-5-7-17)9-11-20(19)25(14-22(26)27)21(18)12-15/h3-8,10,12,16H,9,11,13-14H2,1-2H3,(H,26,27). The minimum absolute atomic E-state index is 0.0438. The molecule has 1 unspecified atom stereocenters. The number of para-hydroxylation sites is 1. The number of carbonyl (C=O) groups is 2. The van der Waals surface area contributed by atoms with E-state index in [0.717, 1.165) is 46.3 Å². The minimum Gasteiger partial charge on any atom is -0.480 e. The van der Waals surface area contributed by atoms with Crippen LogP contribution in [0.5, 0.6) is 0 Å². The third kappa shape index (κ3) is 3.17. The van der Waals surface area contributed by atoms with E-state index in [4.69, 9.17) is 0 Å². The van der Waals surface area contributed by atoms with Gasteiger partial charge in [0.15, 0.2) is 0 Å². The maximum atomic E-state index is 13.1. The van der Waals surface area contributed by atoms with E-state index < -0.39 is 5.97 Å². The SMILES string of the molecule is Cc1ccc2c3c(n(CC(=O)O)c2c1)CCC(C(=O)N(C)c1ccccc1)C3. The van der Waals surface area contributed by atoms with Crippen molar-refractivity contribution in [3.05, 3.63) is 65.4 Å². The topological polar surface area (TPSA) is 62.5 Å². The summed E-state index contributed by atoms with van der Waals surface area (Å²) in [4.78, 5) is 26.3. The highest BCUT2D eigenvalue weighted by atomic mass is 16.4. The predicted octanol–water partition coefficient (Wildman–Crippen LogP) is 3.80. The number of benzene rings is 2. The lowest BCUT2D eigenvalue weighted by molar-refractivity contribution is -0.137. The number of rotatable bonds is 4. The molecule has 1 N–H and O–H groups in total. The highest BCUT2D eigenvalue weighted by Gasteiger charge is 2.31. The molecule has 0 saturated heterocycles. The van der Waals surface area contributed by atoms with Crippen molar-refractivity contribution in [3.63, 3.8) is 0 Å². The molecule has 2 aromatic carbocycles. The van der Waals surface area contributed by atoms with Crippen LogP contribution >= 0.6 is 0 Å². The van der Waals surface area contributed by atoms with Crippen LogP contribution in [-0.4, -0.2) is 28.6 Å². The number of carboxylic acid groups (broad SMARTS) is 1. The van der Waals surface area contributed by atoms with E-state index in [1.54, 1.807) is 4.90 Å². The lowest BCUT2D eigenvalue weighted by Gasteiger charge is -2.27. The highest BCUT2D eigenvalue weighted by molar-refractivity contribution is 5.96. The predicted molar refractivity (Wildman–Crippen MR) is 110 cm³/mol. The van der Waals surface area contributed by atoms with Crippen LogP contribution in [0.3, 0.4) is 0 Å². The first-order valence-electron chi connectivity index (χ1n) is 9.60. The van der Waals surface area contributed by atoms with Crippen LogP contribution in [0.15, 0.2) is 48.5 Å². The van der Waals surface area contributed by atoms with Gasteiger partial charge in [-0.2, -0.15) is 0 Å². The van der Waals surface area contributed by atoms with Gasteiger partial charge in [-0.05, 0) is 55.5 Å². The van der Waals surface area contributed by atoms with E-state index in [2.05, 4.69) is 12.1 Å². The van der Waals surface area contributed by atoms with Gasteiger partial charge in [-0.1, -0.05) is 30.3 Å². The number of aryl methyl sites for hydroxylation is 1. The molecular formula is C23H24N2O3. The molecule has 1 atom stereocenters. The van der Waals surface area contributed by atoms with Gasteiger partial charge in [-0.15, -0.1) is 0 Å². The fourth-order valence-corrected chi connectivity index (χ4v) is 4.34. The normalized spacial score (nSPS) is 16.0. The van der Waals surface area contributed by atoms with Gasteiger partial charge in [0.2, 0.25) is 5.91 Å². The van der Waals surface area contributed by atoms with Crippen molar-refractivity contribution in [2.45, 2.75) is 32.7 Å². The quantitative estimate of drug-likeness (QED) is 0.753. The molecule has 0 aliphatic heterocycles. The second kappa shape index (κ2) is 7.15. The Morgan fingerprint density at radius 3 is 2.64 bits per heavy atom. The second-order valence-electron chi connectivity index (χ2n) is 7.60. The fraction of sp³-hybridized carbons (Fsp3) is 0.304. The number of aromatic nitrogens is 1. The van der Waals surface area contributed by atoms with Gasteiger partial charge in [0.25, 0.3) is 0 Å². The van der Waals surface area contributed by atoms with Crippen LogP contribution in [0, 0.1) is 12.8 Å². The van der Waals surface area contributed by atoms with Gasteiger partial charge < -0.3 is 14.6 Å². The van der Waals surface area contributed by atoms with Crippen molar-refractivity contribution >= 4 is 28.5 Å². The molecule has 0 saturated carbocycles. The molecule has 5 heteroatoms. The van der Waals surface area contributed by atoms with Crippen LogP contribution in [0.4, 0.5) is 5.69 Å². The number of carboxylic acids is 1. The van der Waals surface area contributed by atoms with Gasteiger partial charge in [-0.3, -0.25) is 9.59 Å². The van der Waals surface area contributed by atoms with Crippen molar-refractivity contribution in [1.82, 2.24) is 4.57 Å². The van der Waals surface area contributed by atoms with E-state index >= 15 is 0 Å². The lowest BCUT2D eigenvalue weighted by Crippen LogP contribution is -2.36. The molecule has 1 aliphatic rings. The molecule has 144 valence electrons. The molecule has 4 rings (SSSR count). The average Bonchev–Trinajstić information content (AvgIpc) is 2.99. The van der Waals surface area contributed by atoms with Crippen LogP contribution < -0.4 is 4.90 Å². The van der Waals surface area contributed by atoms with Crippen LogP contribution in [0.1, 0.15) is 23.2 Å². The van der Waals surface area contributed by atoms with E-state index in [0.29, 0.717) is 6.42 Å². The number of hydrogen-bond donors (Lipinski definition) is 1. The van der Waals surface area contributed by atoms with E-state index in [9.17, 15) is 14.7 Å². The Hall–Kier alpha value is -3.08. The number of fused-ring (bicyclic) bond motifs is 3. The molecule has 0 spiro atoms. The Morgan fingerprint density at radius 2 is 1.93 bits per heavy atom. The Labute approximate surface area is 164 Å². The number of carbonyl (C=O) groups excluding carboxylic acids is 1.